The van der Waals surface area contributed by atoms with E-state index >= 15 is 0 Å². The number of carbonyl (C=O) groups excluding carboxylic acids is 2. The highest BCUT2D eigenvalue weighted by Crippen LogP contribution is 2.15. The lowest BCUT2D eigenvalue weighted by molar-refractivity contribution is -0.136. The second-order valence-corrected chi connectivity index (χ2v) is 5.78. The summed E-state index contributed by atoms with van der Waals surface area (Å²) in [5, 5.41) is 0. The average molecular weight is 282 g/mol. The number of rotatable bonds is 5. The maximum absolute atomic E-state index is 12.1. The third kappa shape index (κ3) is 4.20. The van der Waals surface area contributed by atoms with Crippen LogP contribution in [0.5, 0.6) is 0 Å². The van der Waals surface area contributed by atoms with Crippen molar-refractivity contribution in [2.24, 2.45) is 0 Å². The van der Waals surface area contributed by atoms with Gasteiger partial charge in [0.25, 0.3) is 0 Å². The van der Waals surface area contributed by atoms with Gasteiger partial charge in [-0.2, -0.15) is 0 Å². The third-order valence-corrected chi connectivity index (χ3v) is 4.30. The summed E-state index contributed by atoms with van der Waals surface area (Å²) in [6, 6.07) is 0. The molecule has 5 nitrogen and oxygen atoms in total. The van der Waals surface area contributed by atoms with Crippen molar-refractivity contribution in [1.29, 1.82) is 0 Å². The maximum Gasteiger partial charge on any atom is 0.222 e. The summed E-state index contributed by atoms with van der Waals surface area (Å²) in [4.78, 5) is 27.6. The fourth-order valence-corrected chi connectivity index (χ4v) is 3.03. The quantitative estimate of drug-likeness (QED) is 0.766. The first kappa shape index (κ1) is 15.3. The molecule has 2 fully saturated rings. The molecule has 2 saturated heterocycles. The van der Waals surface area contributed by atoms with E-state index in [0.29, 0.717) is 12.8 Å². The molecular formula is C15H26N2O3. The predicted molar refractivity (Wildman–Crippen MR) is 76.3 cm³/mol. The van der Waals surface area contributed by atoms with Gasteiger partial charge in [0.1, 0.15) is 0 Å². The molecular weight excluding hydrogens is 256 g/mol. The van der Waals surface area contributed by atoms with E-state index in [1.165, 1.54) is 0 Å². The Bertz CT molecular complexity index is 346. The van der Waals surface area contributed by atoms with Crippen molar-refractivity contribution in [3.05, 3.63) is 0 Å². The van der Waals surface area contributed by atoms with E-state index in [2.05, 4.69) is 0 Å². The molecule has 0 spiro atoms. The number of nitrogens with zero attached hydrogens (tertiary/aromatic N) is 2. The highest BCUT2D eigenvalue weighted by molar-refractivity contribution is 5.77. The Labute approximate surface area is 121 Å². The van der Waals surface area contributed by atoms with Crippen LogP contribution in [0.15, 0.2) is 0 Å². The molecule has 0 bridgehead atoms. The molecule has 1 unspecified atom stereocenters. The van der Waals surface area contributed by atoms with Gasteiger partial charge in [-0.3, -0.25) is 9.59 Å². The first-order valence-electron chi connectivity index (χ1n) is 7.79. The summed E-state index contributed by atoms with van der Waals surface area (Å²) in [6.45, 7) is 3.16. The molecule has 0 saturated carbocycles. The monoisotopic (exact) mass is 282 g/mol. The minimum Gasteiger partial charge on any atom is -0.380 e. The second-order valence-electron chi connectivity index (χ2n) is 5.78. The molecule has 1 atom stereocenters. The lowest BCUT2D eigenvalue weighted by Crippen LogP contribution is -2.43. The van der Waals surface area contributed by atoms with Crippen LogP contribution in [0.3, 0.4) is 0 Å². The van der Waals surface area contributed by atoms with Gasteiger partial charge in [0.15, 0.2) is 0 Å². The van der Waals surface area contributed by atoms with Crippen molar-refractivity contribution in [3.8, 4) is 0 Å². The van der Waals surface area contributed by atoms with Crippen LogP contribution in [0.2, 0.25) is 0 Å². The van der Waals surface area contributed by atoms with Crippen LogP contribution in [0.1, 0.15) is 44.9 Å². The predicted octanol–water partition coefficient (Wildman–Crippen LogP) is 1.42. The fourth-order valence-electron chi connectivity index (χ4n) is 3.03. The van der Waals surface area contributed by atoms with Gasteiger partial charge in [-0.1, -0.05) is 0 Å². The lowest BCUT2D eigenvalue weighted by atomic mass is 10.1. The Morgan fingerprint density at radius 2 is 2.15 bits per heavy atom. The minimum absolute atomic E-state index is 0.191. The molecule has 5 heteroatoms. The Kier molecular flexibility index (Phi) is 5.83. The van der Waals surface area contributed by atoms with Crippen LogP contribution in [-0.2, 0) is 14.3 Å². The number of piperidine rings is 2. The van der Waals surface area contributed by atoms with Gasteiger partial charge in [0.2, 0.25) is 11.8 Å². The number of hydrogen-bond donors (Lipinski definition) is 0. The molecule has 2 rings (SSSR count). The summed E-state index contributed by atoms with van der Waals surface area (Å²) in [6.07, 6.45) is 6.37. The highest BCUT2D eigenvalue weighted by atomic mass is 16.5. The zero-order chi connectivity index (χ0) is 14.4. The number of hydrogen-bond acceptors (Lipinski definition) is 3. The molecule has 0 aromatic rings. The van der Waals surface area contributed by atoms with Crippen LogP contribution in [0.4, 0.5) is 0 Å². The molecule has 2 heterocycles. The smallest absolute Gasteiger partial charge is 0.222 e. The summed E-state index contributed by atoms with van der Waals surface area (Å²) in [7, 11) is 1.71. The van der Waals surface area contributed by atoms with Gasteiger partial charge in [-0.05, 0) is 32.1 Å². The molecule has 2 amide bonds. The van der Waals surface area contributed by atoms with Crippen molar-refractivity contribution in [2.75, 3.05) is 33.3 Å². The van der Waals surface area contributed by atoms with Gasteiger partial charge in [0.05, 0.1) is 6.10 Å². The summed E-state index contributed by atoms with van der Waals surface area (Å²) in [5.74, 6) is 0.456. The van der Waals surface area contributed by atoms with Gasteiger partial charge >= 0.3 is 0 Å². The van der Waals surface area contributed by atoms with E-state index in [1.807, 2.05) is 9.80 Å². The van der Waals surface area contributed by atoms with Crippen molar-refractivity contribution < 1.29 is 14.3 Å². The topological polar surface area (TPSA) is 49.9 Å². The Balaban J connectivity index is 1.68. The molecule has 0 aromatic carbocycles. The van der Waals surface area contributed by atoms with Crippen molar-refractivity contribution >= 4 is 11.8 Å². The number of likely N-dealkylation sites (tertiary alicyclic amines) is 2. The van der Waals surface area contributed by atoms with E-state index in [1.54, 1.807) is 7.11 Å². The van der Waals surface area contributed by atoms with E-state index in [4.69, 9.17) is 4.74 Å². The molecule has 0 N–H and O–H groups in total. The number of carbonyl (C=O) groups is 2. The fraction of sp³-hybridized carbons (Fsp3) is 0.867. The van der Waals surface area contributed by atoms with Gasteiger partial charge in [-0.15, -0.1) is 0 Å². The molecule has 0 radical (unpaired) electrons. The SMILES string of the molecule is COC1CCCN(C(=O)CCCN2CCCCC2=O)C1. The van der Waals surface area contributed by atoms with Crippen LogP contribution in [0, 0.1) is 0 Å². The zero-order valence-corrected chi connectivity index (χ0v) is 12.5. The van der Waals surface area contributed by atoms with Crippen LogP contribution in [0.25, 0.3) is 0 Å². The number of methoxy groups -OCH3 is 1. The molecule has 20 heavy (non-hydrogen) atoms. The van der Waals surface area contributed by atoms with Crippen molar-refractivity contribution in [1.82, 2.24) is 9.80 Å². The zero-order valence-electron chi connectivity index (χ0n) is 12.5. The normalized spacial score (nSPS) is 24.1. The second kappa shape index (κ2) is 7.62. The van der Waals surface area contributed by atoms with Crippen molar-refractivity contribution in [3.63, 3.8) is 0 Å². The Morgan fingerprint density at radius 3 is 2.90 bits per heavy atom. The van der Waals surface area contributed by atoms with E-state index in [0.717, 1.165) is 58.3 Å². The lowest BCUT2D eigenvalue weighted by Gasteiger charge is -2.32. The summed E-state index contributed by atoms with van der Waals surface area (Å²) in [5.41, 5.74) is 0. The first-order chi connectivity index (χ1) is 9.70. The summed E-state index contributed by atoms with van der Waals surface area (Å²) < 4.78 is 5.34. The number of amides is 2. The average Bonchev–Trinajstić information content (AvgIpc) is 2.49. The molecule has 2 aliphatic rings. The van der Waals surface area contributed by atoms with Crippen LogP contribution < -0.4 is 0 Å². The van der Waals surface area contributed by atoms with E-state index in [9.17, 15) is 9.59 Å². The van der Waals surface area contributed by atoms with Crippen LogP contribution in [-0.4, -0.2) is 61.0 Å². The summed E-state index contributed by atoms with van der Waals surface area (Å²) >= 11 is 0. The first-order valence-corrected chi connectivity index (χ1v) is 7.79. The molecule has 0 aliphatic carbocycles. The minimum atomic E-state index is 0.191. The van der Waals surface area contributed by atoms with E-state index in [-0.39, 0.29) is 17.9 Å². The standard InChI is InChI=1S/C15H26N2O3/c1-20-13-6-4-11-17(12-13)15(19)8-5-10-16-9-3-2-7-14(16)18/h13H,2-12H2,1H3. The van der Waals surface area contributed by atoms with Gasteiger partial charge in [0, 0.05) is 46.1 Å². The van der Waals surface area contributed by atoms with E-state index < -0.39 is 0 Å². The van der Waals surface area contributed by atoms with Gasteiger partial charge < -0.3 is 14.5 Å². The van der Waals surface area contributed by atoms with Gasteiger partial charge in [-0.25, -0.2) is 0 Å². The van der Waals surface area contributed by atoms with Crippen molar-refractivity contribution in [2.45, 2.75) is 51.0 Å². The number of ether oxygens (including phenoxy) is 1. The third-order valence-electron chi connectivity index (χ3n) is 4.30. The maximum atomic E-state index is 12.1. The highest BCUT2D eigenvalue weighted by Gasteiger charge is 2.23. The Hall–Kier alpha value is -1.10. The van der Waals surface area contributed by atoms with Crippen LogP contribution >= 0.6 is 0 Å². The molecule has 0 aromatic heterocycles. The Morgan fingerprint density at radius 1 is 1.30 bits per heavy atom. The largest absolute Gasteiger partial charge is 0.380 e. The molecule has 114 valence electrons. The molecule has 2 aliphatic heterocycles.